The number of hydrogen-bond acceptors (Lipinski definition) is 3. The molecular formula is C14H14ClN3O. The van der Waals surface area contributed by atoms with E-state index in [1.807, 2.05) is 18.3 Å². The molecule has 0 unspecified atom stereocenters. The Labute approximate surface area is 115 Å². The summed E-state index contributed by atoms with van der Waals surface area (Å²) in [6, 6.07) is 0. The van der Waals surface area contributed by atoms with Crippen LogP contribution in [0.4, 0.5) is 0 Å². The maximum Gasteiger partial charge on any atom is 0.157 e. The molecule has 3 rings (SSSR count). The van der Waals surface area contributed by atoms with Gasteiger partial charge in [-0.3, -0.25) is 4.99 Å². The highest BCUT2D eigenvalue weighted by Gasteiger charge is 2.14. The van der Waals surface area contributed by atoms with Gasteiger partial charge >= 0.3 is 0 Å². The van der Waals surface area contributed by atoms with Crippen LogP contribution in [0.15, 0.2) is 27.3 Å². The van der Waals surface area contributed by atoms with E-state index in [2.05, 4.69) is 21.0 Å². The van der Waals surface area contributed by atoms with Crippen LogP contribution in [0.25, 0.3) is 12.2 Å². The standard InChI is InChI=1S/C14H14ClN3O/c15-9-1-3-11-12(8-16-13(11)4-2-9)14-17-7-10(18-14)5-6-19/h1,3-4,8,16,19H,2,5-7H2. The van der Waals surface area contributed by atoms with Crippen molar-refractivity contribution in [2.24, 2.45) is 9.98 Å². The number of nitrogens with zero attached hydrogens (tertiary/aromatic N) is 2. The number of aromatic nitrogens is 1. The van der Waals surface area contributed by atoms with Crippen molar-refractivity contribution in [2.75, 3.05) is 13.2 Å². The van der Waals surface area contributed by atoms with Crippen molar-refractivity contribution in [3.05, 3.63) is 33.4 Å². The van der Waals surface area contributed by atoms with E-state index < -0.39 is 0 Å². The van der Waals surface area contributed by atoms with Crippen LogP contribution in [-0.2, 0) is 0 Å². The molecular weight excluding hydrogens is 262 g/mol. The zero-order valence-corrected chi connectivity index (χ0v) is 11.1. The number of halogens is 1. The number of H-pyrrole nitrogens is 1. The van der Waals surface area contributed by atoms with Crippen molar-refractivity contribution in [1.29, 1.82) is 0 Å². The first-order valence-corrected chi connectivity index (χ1v) is 6.62. The lowest BCUT2D eigenvalue weighted by Gasteiger charge is -1.93. The van der Waals surface area contributed by atoms with Gasteiger partial charge in [0.15, 0.2) is 5.84 Å². The maximum absolute atomic E-state index is 8.93. The number of fused-ring (bicyclic) bond motifs is 1. The van der Waals surface area contributed by atoms with Crippen LogP contribution in [0, 0.1) is 0 Å². The van der Waals surface area contributed by atoms with Crippen LogP contribution in [0.3, 0.4) is 0 Å². The number of amidine groups is 1. The van der Waals surface area contributed by atoms with E-state index in [0.717, 1.165) is 39.1 Å². The number of hydrogen-bond donors (Lipinski definition) is 2. The van der Waals surface area contributed by atoms with Crippen LogP contribution >= 0.6 is 11.6 Å². The molecule has 4 nitrogen and oxygen atoms in total. The zero-order chi connectivity index (χ0) is 13.2. The predicted octanol–water partition coefficient (Wildman–Crippen LogP) is 0.686. The van der Waals surface area contributed by atoms with Crippen molar-refractivity contribution in [1.82, 2.24) is 4.98 Å². The summed E-state index contributed by atoms with van der Waals surface area (Å²) in [7, 11) is 0. The minimum absolute atomic E-state index is 0.116. The van der Waals surface area contributed by atoms with E-state index in [1.54, 1.807) is 0 Å². The summed E-state index contributed by atoms with van der Waals surface area (Å²) in [6.07, 6.45) is 9.21. The minimum Gasteiger partial charge on any atom is -0.396 e. The quantitative estimate of drug-likeness (QED) is 0.838. The lowest BCUT2D eigenvalue weighted by atomic mass is 10.2. The van der Waals surface area contributed by atoms with E-state index in [0.29, 0.717) is 13.0 Å². The van der Waals surface area contributed by atoms with E-state index in [-0.39, 0.29) is 6.61 Å². The van der Waals surface area contributed by atoms with Crippen LogP contribution in [0.2, 0.25) is 0 Å². The molecule has 0 saturated carbocycles. The largest absolute Gasteiger partial charge is 0.396 e. The Hall–Kier alpha value is -1.65. The molecule has 1 aromatic rings. The third kappa shape index (κ3) is 2.41. The summed E-state index contributed by atoms with van der Waals surface area (Å²) in [6.45, 7) is 0.696. The number of nitrogens with one attached hydrogen (secondary N) is 1. The molecule has 0 bridgehead atoms. The highest BCUT2D eigenvalue weighted by atomic mass is 35.5. The summed E-state index contributed by atoms with van der Waals surface area (Å²) in [5, 5.41) is 11.9. The van der Waals surface area contributed by atoms with Crippen molar-refractivity contribution < 1.29 is 5.11 Å². The first kappa shape index (κ1) is 12.4. The first-order chi connectivity index (χ1) is 9.28. The molecule has 1 aromatic heterocycles. The Balaban J connectivity index is 2.04. The number of aliphatic imine (C=N–C) groups is 2. The molecule has 0 saturated heterocycles. The SMILES string of the molecule is OCCC1=NC(c2c[nH]c3c2=CC=C(Cl)CC=3)=NC1. The Kier molecular flexibility index (Phi) is 3.36. The molecule has 0 atom stereocenters. The lowest BCUT2D eigenvalue weighted by Crippen LogP contribution is -2.25. The summed E-state index contributed by atoms with van der Waals surface area (Å²) < 4.78 is 0. The van der Waals surface area contributed by atoms with Gasteiger partial charge in [-0.2, -0.15) is 0 Å². The van der Waals surface area contributed by atoms with Gasteiger partial charge in [0.2, 0.25) is 0 Å². The van der Waals surface area contributed by atoms with Gasteiger partial charge in [0, 0.05) is 52.5 Å². The highest BCUT2D eigenvalue weighted by Crippen LogP contribution is 2.10. The maximum atomic E-state index is 8.93. The summed E-state index contributed by atoms with van der Waals surface area (Å²) in [4.78, 5) is 12.1. The second kappa shape index (κ2) is 5.15. The third-order valence-electron chi connectivity index (χ3n) is 3.20. The van der Waals surface area contributed by atoms with Crippen LogP contribution in [0.5, 0.6) is 0 Å². The van der Waals surface area contributed by atoms with Gasteiger partial charge in [-0.1, -0.05) is 23.8 Å². The fourth-order valence-corrected chi connectivity index (χ4v) is 2.36. The van der Waals surface area contributed by atoms with Gasteiger partial charge < -0.3 is 10.1 Å². The second-order valence-electron chi connectivity index (χ2n) is 4.51. The Morgan fingerprint density at radius 3 is 3.11 bits per heavy atom. The predicted molar refractivity (Wildman–Crippen MR) is 78.1 cm³/mol. The van der Waals surface area contributed by atoms with Gasteiger partial charge in [0.25, 0.3) is 0 Å². The van der Waals surface area contributed by atoms with Crippen LogP contribution < -0.4 is 10.6 Å². The van der Waals surface area contributed by atoms with Gasteiger partial charge in [0.05, 0.1) is 6.54 Å². The molecule has 0 fully saturated rings. The molecule has 0 amide bonds. The number of allylic oxidation sites excluding steroid dienone is 2. The van der Waals surface area contributed by atoms with E-state index in [9.17, 15) is 0 Å². The molecule has 0 radical (unpaired) electrons. The second-order valence-corrected chi connectivity index (χ2v) is 5.00. The molecule has 2 heterocycles. The van der Waals surface area contributed by atoms with Gasteiger partial charge in [0.1, 0.15) is 0 Å². The van der Waals surface area contributed by atoms with E-state index >= 15 is 0 Å². The molecule has 0 aromatic carbocycles. The first-order valence-electron chi connectivity index (χ1n) is 6.24. The zero-order valence-electron chi connectivity index (χ0n) is 10.4. The van der Waals surface area contributed by atoms with Crippen molar-refractivity contribution in [2.45, 2.75) is 12.8 Å². The third-order valence-corrected chi connectivity index (χ3v) is 3.48. The molecule has 2 N–H and O–H groups in total. The van der Waals surface area contributed by atoms with Crippen molar-refractivity contribution >= 4 is 35.3 Å². The molecule has 5 heteroatoms. The molecule has 1 aliphatic carbocycles. The summed E-state index contributed by atoms with van der Waals surface area (Å²) >= 11 is 6.04. The average Bonchev–Trinajstić information content (AvgIpc) is 2.96. The highest BCUT2D eigenvalue weighted by molar-refractivity contribution is 6.30. The van der Waals surface area contributed by atoms with Gasteiger partial charge in [-0.15, -0.1) is 0 Å². The monoisotopic (exact) mass is 275 g/mol. The van der Waals surface area contributed by atoms with Crippen LogP contribution in [0.1, 0.15) is 18.4 Å². The number of rotatable bonds is 3. The molecule has 0 spiro atoms. The van der Waals surface area contributed by atoms with Crippen LogP contribution in [-0.4, -0.2) is 34.8 Å². The lowest BCUT2D eigenvalue weighted by molar-refractivity contribution is 0.307. The fraction of sp³-hybridized carbons (Fsp3) is 0.286. The minimum atomic E-state index is 0.116. The van der Waals surface area contributed by atoms with Crippen molar-refractivity contribution in [3.8, 4) is 0 Å². The molecule has 98 valence electrons. The molecule has 2 aliphatic rings. The Morgan fingerprint density at radius 2 is 2.26 bits per heavy atom. The van der Waals surface area contributed by atoms with E-state index in [4.69, 9.17) is 16.7 Å². The Morgan fingerprint density at radius 1 is 1.37 bits per heavy atom. The Bertz CT molecular complexity index is 710. The van der Waals surface area contributed by atoms with E-state index in [1.165, 1.54) is 0 Å². The normalized spacial score (nSPS) is 17.7. The topological polar surface area (TPSA) is 60.7 Å². The smallest absolute Gasteiger partial charge is 0.157 e. The van der Waals surface area contributed by atoms with Crippen molar-refractivity contribution in [3.63, 3.8) is 0 Å². The molecule has 1 aliphatic heterocycles. The fourth-order valence-electron chi connectivity index (χ4n) is 2.22. The molecule has 19 heavy (non-hydrogen) atoms. The number of aliphatic hydroxyl groups is 1. The summed E-state index contributed by atoms with van der Waals surface area (Å²) in [5.74, 6) is 0.733. The number of aliphatic hydroxyl groups excluding tert-OH is 1. The number of aromatic amines is 1. The average molecular weight is 276 g/mol. The van der Waals surface area contributed by atoms with Gasteiger partial charge in [-0.05, 0) is 6.08 Å². The van der Waals surface area contributed by atoms with Gasteiger partial charge in [-0.25, -0.2) is 4.99 Å². The summed E-state index contributed by atoms with van der Waals surface area (Å²) in [5.41, 5.74) is 1.92.